The molecule has 0 atom stereocenters. The van der Waals surface area contributed by atoms with Crippen molar-refractivity contribution >= 4 is 29.7 Å². The molecule has 0 radical (unpaired) electrons. The summed E-state index contributed by atoms with van der Waals surface area (Å²) in [6.07, 6.45) is 2.88. The summed E-state index contributed by atoms with van der Waals surface area (Å²) >= 11 is 6.24. The second kappa shape index (κ2) is 8.53. The minimum Gasteiger partial charge on any atom is -0.488 e. The van der Waals surface area contributed by atoms with E-state index in [0.29, 0.717) is 22.0 Å². The number of amides is 1. The van der Waals surface area contributed by atoms with Gasteiger partial charge in [0.25, 0.3) is 0 Å². The molecule has 2 aromatic carbocycles. The molecular formula is C22H18ClN3O5. The Morgan fingerprint density at radius 2 is 2.10 bits per heavy atom. The van der Waals surface area contributed by atoms with Crippen LogP contribution >= 0.6 is 11.6 Å². The van der Waals surface area contributed by atoms with Crippen molar-refractivity contribution in [3.05, 3.63) is 70.4 Å². The molecule has 1 aliphatic heterocycles. The Balaban J connectivity index is 1.60. The summed E-state index contributed by atoms with van der Waals surface area (Å²) in [7, 11) is 1.30. The van der Waals surface area contributed by atoms with E-state index in [-0.39, 0.29) is 18.7 Å². The third kappa shape index (κ3) is 4.39. The Morgan fingerprint density at radius 3 is 2.87 bits per heavy atom. The lowest BCUT2D eigenvalue weighted by Gasteiger charge is -2.16. The van der Waals surface area contributed by atoms with Gasteiger partial charge in [-0.1, -0.05) is 17.7 Å². The van der Waals surface area contributed by atoms with Crippen molar-refractivity contribution in [3.63, 3.8) is 0 Å². The molecule has 1 amide bonds. The zero-order valence-electron chi connectivity index (χ0n) is 16.5. The molecule has 1 aromatic heterocycles. The second-order valence-corrected chi connectivity index (χ2v) is 7.19. The van der Waals surface area contributed by atoms with Gasteiger partial charge in [0, 0.05) is 28.9 Å². The molecule has 0 saturated heterocycles. The molecule has 0 aliphatic carbocycles. The van der Waals surface area contributed by atoms with Crippen LogP contribution < -0.4 is 10.1 Å². The maximum absolute atomic E-state index is 11.3. The van der Waals surface area contributed by atoms with Crippen molar-refractivity contribution in [1.29, 1.82) is 0 Å². The summed E-state index contributed by atoms with van der Waals surface area (Å²) in [4.78, 5) is 22.6. The van der Waals surface area contributed by atoms with Gasteiger partial charge in [0.2, 0.25) is 0 Å². The fourth-order valence-electron chi connectivity index (χ4n) is 3.16. The lowest BCUT2D eigenvalue weighted by molar-refractivity contribution is -0.132. The van der Waals surface area contributed by atoms with Crippen LogP contribution in [0.4, 0.5) is 4.79 Å². The van der Waals surface area contributed by atoms with Crippen LogP contribution in [0.25, 0.3) is 23.0 Å². The molecule has 0 saturated carbocycles. The van der Waals surface area contributed by atoms with Crippen LogP contribution in [0.1, 0.15) is 11.1 Å². The summed E-state index contributed by atoms with van der Waals surface area (Å²) in [5, 5.41) is 17.0. The Bertz CT molecular complexity index is 1200. The number of halogens is 1. The molecular weight excluding hydrogens is 422 g/mol. The minimum absolute atomic E-state index is 0.0390. The predicted molar refractivity (Wildman–Crippen MR) is 114 cm³/mol. The van der Waals surface area contributed by atoms with Crippen LogP contribution in [0.3, 0.4) is 0 Å². The van der Waals surface area contributed by atoms with Gasteiger partial charge in [-0.25, -0.2) is 14.3 Å². The highest BCUT2D eigenvalue weighted by Crippen LogP contribution is 2.29. The molecule has 158 valence electrons. The summed E-state index contributed by atoms with van der Waals surface area (Å²) in [6.45, 7) is 0.264. The first-order valence-corrected chi connectivity index (χ1v) is 9.70. The van der Waals surface area contributed by atoms with E-state index in [4.69, 9.17) is 16.3 Å². The molecule has 9 heteroatoms. The first-order chi connectivity index (χ1) is 14.9. The zero-order valence-corrected chi connectivity index (χ0v) is 17.2. The van der Waals surface area contributed by atoms with E-state index >= 15 is 0 Å². The van der Waals surface area contributed by atoms with Crippen LogP contribution in [-0.2, 0) is 16.1 Å². The van der Waals surface area contributed by atoms with Crippen LogP contribution in [0, 0.1) is 0 Å². The molecule has 2 heterocycles. The molecule has 3 aromatic rings. The number of carbonyl (C=O) groups is 2. The van der Waals surface area contributed by atoms with Gasteiger partial charge in [0.15, 0.2) is 0 Å². The minimum atomic E-state index is -1.00. The summed E-state index contributed by atoms with van der Waals surface area (Å²) in [6, 6.07) is 12.8. The number of nitrogens with one attached hydrogen (secondary N) is 1. The van der Waals surface area contributed by atoms with Crippen molar-refractivity contribution in [1.82, 2.24) is 15.1 Å². The van der Waals surface area contributed by atoms with E-state index in [1.807, 2.05) is 36.5 Å². The number of ether oxygens (including phenoxy) is 2. The Hall–Kier alpha value is -3.78. The first-order valence-electron chi connectivity index (χ1n) is 9.32. The van der Waals surface area contributed by atoms with Gasteiger partial charge in [-0.2, -0.15) is 5.10 Å². The van der Waals surface area contributed by atoms with Crippen LogP contribution in [0.15, 0.2) is 54.2 Å². The van der Waals surface area contributed by atoms with Gasteiger partial charge < -0.3 is 19.9 Å². The van der Waals surface area contributed by atoms with Crippen LogP contribution in [-0.4, -0.2) is 40.7 Å². The number of aliphatic carboxylic acids is 1. The quantitative estimate of drug-likeness (QED) is 0.624. The normalized spacial score (nSPS) is 12.4. The number of carboxylic acid groups (broad SMARTS) is 1. The van der Waals surface area contributed by atoms with Crippen molar-refractivity contribution < 1.29 is 24.2 Å². The van der Waals surface area contributed by atoms with Crippen molar-refractivity contribution in [2.75, 3.05) is 13.7 Å². The number of aromatic nitrogens is 2. The van der Waals surface area contributed by atoms with Gasteiger partial charge in [-0.3, -0.25) is 0 Å². The van der Waals surface area contributed by atoms with E-state index in [1.54, 1.807) is 22.9 Å². The molecule has 0 fully saturated rings. The SMILES string of the molecule is COC(=O)NCc1cc(-c2ccn(-c3ccc4c(c3)C=C(C(=O)O)CO4)n2)ccc1Cl. The number of benzene rings is 2. The number of carboxylic acids is 1. The van der Waals surface area contributed by atoms with Gasteiger partial charge in [-0.05, 0) is 48.0 Å². The molecule has 4 rings (SSSR count). The standard InChI is InChI=1S/C22H18ClN3O5/c1-30-22(29)24-11-15-8-13(2-4-18(15)23)19-6-7-26(25-19)17-3-5-20-14(10-17)9-16(12-31-20)21(27)28/h2-10H,11-12H2,1H3,(H,24,29)(H,27,28). The highest BCUT2D eigenvalue weighted by molar-refractivity contribution is 6.31. The lowest BCUT2D eigenvalue weighted by atomic mass is 10.1. The maximum Gasteiger partial charge on any atom is 0.407 e. The number of fused-ring (bicyclic) bond motifs is 1. The van der Waals surface area contributed by atoms with E-state index in [0.717, 1.165) is 16.8 Å². The zero-order chi connectivity index (χ0) is 22.0. The maximum atomic E-state index is 11.3. The number of hydrogen-bond donors (Lipinski definition) is 2. The van der Waals surface area contributed by atoms with E-state index in [9.17, 15) is 14.7 Å². The number of carbonyl (C=O) groups excluding carboxylic acids is 1. The summed E-state index contributed by atoms with van der Waals surface area (Å²) in [5.41, 5.74) is 3.92. The average molecular weight is 440 g/mol. The van der Waals surface area contributed by atoms with E-state index in [2.05, 4.69) is 15.2 Å². The average Bonchev–Trinajstić information content (AvgIpc) is 3.27. The summed E-state index contributed by atoms with van der Waals surface area (Å²) in [5.74, 6) is -0.376. The van der Waals surface area contributed by atoms with Crippen LogP contribution in [0.5, 0.6) is 5.75 Å². The molecule has 0 unspecified atom stereocenters. The van der Waals surface area contributed by atoms with Crippen molar-refractivity contribution in [2.45, 2.75) is 6.54 Å². The predicted octanol–water partition coefficient (Wildman–Crippen LogP) is 3.91. The number of alkyl carbamates (subject to hydrolysis) is 1. The molecule has 2 N–H and O–H groups in total. The van der Waals surface area contributed by atoms with E-state index < -0.39 is 12.1 Å². The van der Waals surface area contributed by atoms with Gasteiger partial charge in [0.05, 0.1) is 24.1 Å². The highest BCUT2D eigenvalue weighted by Gasteiger charge is 2.17. The molecule has 31 heavy (non-hydrogen) atoms. The van der Waals surface area contributed by atoms with Crippen molar-refractivity contribution in [2.24, 2.45) is 0 Å². The largest absolute Gasteiger partial charge is 0.488 e. The monoisotopic (exact) mass is 439 g/mol. The third-order valence-electron chi connectivity index (χ3n) is 4.78. The molecule has 1 aliphatic rings. The Kier molecular flexibility index (Phi) is 5.64. The lowest BCUT2D eigenvalue weighted by Crippen LogP contribution is -2.22. The molecule has 0 bridgehead atoms. The molecule has 0 spiro atoms. The first kappa shape index (κ1) is 20.5. The van der Waals surface area contributed by atoms with Crippen LogP contribution in [0.2, 0.25) is 5.02 Å². The Labute approximate surface area is 182 Å². The number of methoxy groups -OCH3 is 1. The van der Waals surface area contributed by atoms with Gasteiger partial charge in [-0.15, -0.1) is 0 Å². The Morgan fingerprint density at radius 1 is 1.26 bits per heavy atom. The third-order valence-corrected chi connectivity index (χ3v) is 5.15. The van der Waals surface area contributed by atoms with Crippen molar-refractivity contribution in [3.8, 4) is 22.7 Å². The fraction of sp³-hybridized carbons (Fsp3) is 0.136. The topological polar surface area (TPSA) is 103 Å². The number of rotatable bonds is 5. The smallest absolute Gasteiger partial charge is 0.407 e. The number of hydrogen-bond acceptors (Lipinski definition) is 5. The van der Waals surface area contributed by atoms with E-state index in [1.165, 1.54) is 7.11 Å². The second-order valence-electron chi connectivity index (χ2n) is 6.78. The summed E-state index contributed by atoms with van der Waals surface area (Å²) < 4.78 is 11.8. The molecule has 8 nitrogen and oxygen atoms in total. The van der Waals surface area contributed by atoms with Gasteiger partial charge >= 0.3 is 12.1 Å². The fourth-order valence-corrected chi connectivity index (χ4v) is 3.35. The highest BCUT2D eigenvalue weighted by atomic mass is 35.5. The van der Waals surface area contributed by atoms with Gasteiger partial charge in [0.1, 0.15) is 12.4 Å². The number of nitrogens with zero attached hydrogens (tertiary/aromatic N) is 2.